The molecule has 0 spiro atoms. The number of carbonyl (C=O) groups is 1. The molecule has 1 aromatic heterocycles. The molecule has 6 nitrogen and oxygen atoms in total. The Morgan fingerprint density at radius 3 is 2.60 bits per heavy atom. The van der Waals surface area contributed by atoms with E-state index >= 15 is 0 Å². The molecule has 0 bridgehead atoms. The molecular formula is C24H37N3O3. The highest BCUT2D eigenvalue weighted by Gasteiger charge is 2.58. The topological polar surface area (TPSA) is 77.1 Å². The molecule has 166 valence electrons. The molecular weight excluding hydrogens is 378 g/mol. The van der Waals surface area contributed by atoms with E-state index in [1.54, 1.807) is 7.05 Å². The van der Waals surface area contributed by atoms with Crippen molar-refractivity contribution in [1.29, 1.82) is 0 Å². The molecule has 0 unspecified atom stereocenters. The molecule has 1 N–H and O–H groups in total. The summed E-state index contributed by atoms with van der Waals surface area (Å²) in [6.45, 7) is 4.55. The lowest BCUT2D eigenvalue weighted by Crippen LogP contribution is -2.51. The number of Topliss-reactive ketones (excluding diaryl/α,β-unsaturated/α-hetero) is 1. The second-order valence-electron chi connectivity index (χ2n) is 11.5. The normalized spacial score (nSPS) is 45.5. The molecule has 0 aliphatic heterocycles. The van der Waals surface area contributed by atoms with Gasteiger partial charge in [-0.05, 0) is 99.7 Å². The highest BCUT2D eigenvalue weighted by molar-refractivity contribution is 5.82. The lowest BCUT2D eigenvalue weighted by Gasteiger charge is -2.56. The third-order valence-corrected chi connectivity index (χ3v) is 9.84. The standard InChI is InChI=1S/C24H37N3O3/c1-23(30)10-8-16-15(12-23)4-5-18-17(16)9-11-24(2)19(18)6-7-20(24)21(28)13-27-14-25-26(3)22(27)29/h14-20,30H,4-13H2,1-3H3/t15-,16+,17-,18-,19+,20-,23-,24+/m1/s1. The summed E-state index contributed by atoms with van der Waals surface area (Å²) in [4.78, 5) is 25.4. The lowest BCUT2D eigenvalue weighted by atomic mass is 9.49. The molecule has 1 aromatic rings. The van der Waals surface area contributed by atoms with Gasteiger partial charge in [0.25, 0.3) is 0 Å². The number of hydrogen-bond acceptors (Lipinski definition) is 4. The van der Waals surface area contributed by atoms with Crippen LogP contribution in [-0.2, 0) is 18.4 Å². The number of ketones is 1. The fourth-order valence-electron chi connectivity index (χ4n) is 8.42. The van der Waals surface area contributed by atoms with Gasteiger partial charge in [-0.15, -0.1) is 0 Å². The minimum absolute atomic E-state index is 0.0698. The zero-order chi connectivity index (χ0) is 21.3. The first kappa shape index (κ1) is 20.5. The van der Waals surface area contributed by atoms with Gasteiger partial charge in [-0.3, -0.25) is 9.36 Å². The quantitative estimate of drug-likeness (QED) is 0.823. The number of aliphatic hydroxyl groups is 1. The SMILES string of the molecule is Cn1ncn(CC(=O)[C@H]2CC[C@H]3[C@@H]4CC[C@@H]5C[C@](C)(O)CC[C@@H]5[C@H]4CC[C@]23C)c1=O. The number of aromatic nitrogens is 3. The van der Waals surface area contributed by atoms with Gasteiger partial charge < -0.3 is 5.11 Å². The summed E-state index contributed by atoms with van der Waals surface area (Å²) in [5.41, 5.74) is -0.595. The Balaban J connectivity index is 1.32. The summed E-state index contributed by atoms with van der Waals surface area (Å²) in [6, 6.07) is 0. The highest BCUT2D eigenvalue weighted by atomic mass is 16.3. The highest BCUT2D eigenvalue weighted by Crippen LogP contribution is 2.64. The van der Waals surface area contributed by atoms with E-state index in [0.29, 0.717) is 11.8 Å². The van der Waals surface area contributed by atoms with E-state index in [9.17, 15) is 14.7 Å². The Labute approximate surface area is 179 Å². The van der Waals surface area contributed by atoms with Crippen LogP contribution in [0.15, 0.2) is 11.1 Å². The van der Waals surface area contributed by atoms with Crippen LogP contribution in [0.4, 0.5) is 0 Å². The smallest absolute Gasteiger partial charge is 0.345 e. The van der Waals surface area contributed by atoms with E-state index in [1.807, 2.05) is 6.92 Å². The Kier molecular flexibility index (Phi) is 4.81. The Hall–Kier alpha value is -1.43. The van der Waals surface area contributed by atoms with Gasteiger partial charge in [0.2, 0.25) is 0 Å². The molecule has 0 saturated heterocycles. The molecule has 0 aromatic carbocycles. The molecule has 4 saturated carbocycles. The molecule has 0 radical (unpaired) electrons. The van der Waals surface area contributed by atoms with Crippen LogP contribution in [0.2, 0.25) is 0 Å². The van der Waals surface area contributed by atoms with Gasteiger partial charge in [0.1, 0.15) is 6.33 Å². The molecule has 0 amide bonds. The predicted molar refractivity (Wildman–Crippen MR) is 114 cm³/mol. The number of nitrogens with zero attached hydrogens (tertiary/aromatic N) is 3. The van der Waals surface area contributed by atoms with Crippen molar-refractivity contribution in [1.82, 2.24) is 14.3 Å². The number of aryl methyl sites for hydroxylation is 1. The Morgan fingerprint density at radius 1 is 1.10 bits per heavy atom. The summed E-state index contributed by atoms with van der Waals surface area (Å²) in [7, 11) is 1.62. The van der Waals surface area contributed by atoms with Gasteiger partial charge in [-0.25, -0.2) is 9.48 Å². The van der Waals surface area contributed by atoms with Gasteiger partial charge in [-0.2, -0.15) is 5.10 Å². The van der Waals surface area contributed by atoms with Gasteiger partial charge in [-0.1, -0.05) is 6.92 Å². The van der Waals surface area contributed by atoms with Crippen molar-refractivity contribution in [2.45, 2.75) is 83.8 Å². The van der Waals surface area contributed by atoms with Crippen LogP contribution in [0.1, 0.15) is 71.6 Å². The van der Waals surface area contributed by atoms with Crippen LogP contribution >= 0.6 is 0 Å². The first-order valence-electron chi connectivity index (χ1n) is 12.0. The summed E-state index contributed by atoms with van der Waals surface area (Å²) >= 11 is 0. The van der Waals surface area contributed by atoms with Gasteiger partial charge in [0.15, 0.2) is 5.78 Å². The van der Waals surface area contributed by atoms with Crippen molar-refractivity contribution < 1.29 is 9.90 Å². The summed E-state index contributed by atoms with van der Waals surface area (Å²) in [5.74, 6) is 3.92. The second-order valence-corrected chi connectivity index (χ2v) is 11.5. The van der Waals surface area contributed by atoms with Crippen LogP contribution in [0.5, 0.6) is 0 Å². The molecule has 4 fully saturated rings. The van der Waals surface area contributed by atoms with E-state index in [4.69, 9.17) is 0 Å². The van der Waals surface area contributed by atoms with Gasteiger partial charge in [0.05, 0.1) is 12.1 Å². The van der Waals surface area contributed by atoms with Crippen molar-refractivity contribution in [3.05, 3.63) is 16.8 Å². The molecule has 6 heteroatoms. The molecule has 5 rings (SSSR count). The van der Waals surface area contributed by atoms with E-state index in [1.165, 1.54) is 41.3 Å². The largest absolute Gasteiger partial charge is 0.390 e. The maximum Gasteiger partial charge on any atom is 0.345 e. The molecule has 1 heterocycles. The minimum Gasteiger partial charge on any atom is -0.390 e. The average Bonchev–Trinajstić information content (AvgIpc) is 3.21. The number of hydrogen-bond donors (Lipinski definition) is 1. The maximum atomic E-state index is 13.3. The third-order valence-electron chi connectivity index (χ3n) is 9.84. The monoisotopic (exact) mass is 415 g/mol. The van der Waals surface area contributed by atoms with Crippen molar-refractivity contribution in [3.63, 3.8) is 0 Å². The maximum absolute atomic E-state index is 13.3. The summed E-state index contributed by atoms with van der Waals surface area (Å²) in [5, 5.41) is 14.6. The Morgan fingerprint density at radius 2 is 1.87 bits per heavy atom. The fourth-order valence-corrected chi connectivity index (χ4v) is 8.42. The molecule has 30 heavy (non-hydrogen) atoms. The minimum atomic E-state index is -0.466. The Bertz CT molecular complexity index is 887. The van der Waals surface area contributed by atoms with Crippen LogP contribution in [0.25, 0.3) is 0 Å². The zero-order valence-electron chi connectivity index (χ0n) is 18.7. The van der Waals surface area contributed by atoms with E-state index in [0.717, 1.165) is 49.9 Å². The van der Waals surface area contributed by atoms with Crippen molar-refractivity contribution in [2.24, 2.45) is 48.0 Å². The van der Waals surface area contributed by atoms with Crippen molar-refractivity contribution in [3.8, 4) is 0 Å². The molecule has 8 atom stereocenters. The number of fused-ring (bicyclic) bond motifs is 5. The first-order chi connectivity index (χ1) is 14.2. The van der Waals surface area contributed by atoms with Gasteiger partial charge in [0, 0.05) is 13.0 Å². The average molecular weight is 416 g/mol. The fraction of sp³-hybridized carbons (Fsp3) is 0.875. The number of carbonyl (C=O) groups excluding carboxylic acids is 1. The third kappa shape index (κ3) is 3.12. The number of rotatable bonds is 3. The first-order valence-corrected chi connectivity index (χ1v) is 12.0. The van der Waals surface area contributed by atoms with Gasteiger partial charge >= 0.3 is 5.69 Å². The molecule has 4 aliphatic carbocycles. The molecule has 4 aliphatic rings. The van der Waals surface area contributed by atoms with E-state index in [2.05, 4.69) is 12.0 Å². The zero-order valence-corrected chi connectivity index (χ0v) is 18.7. The second kappa shape index (κ2) is 7.04. The van der Waals surface area contributed by atoms with E-state index in [-0.39, 0.29) is 29.4 Å². The van der Waals surface area contributed by atoms with E-state index < -0.39 is 5.60 Å². The van der Waals surface area contributed by atoms with Crippen LogP contribution in [0.3, 0.4) is 0 Å². The van der Waals surface area contributed by atoms with Crippen LogP contribution < -0.4 is 5.69 Å². The lowest BCUT2D eigenvalue weighted by molar-refractivity contribution is -0.133. The van der Waals surface area contributed by atoms with Crippen molar-refractivity contribution >= 4 is 5.78 Å². The van der Waals surface area contributed by atoms with Crippen molar-refractivity contribution in [2.75, 3.05) is 0 Å². The van der Waals surface area contributed by atoms with Crippen LogP contribution in [-0.4, -0.2) is 30.8 Å². The summed E-state index contributed by atoms with van der Waals surface area (Å²) < 4.78 is 2.75. The van der Waals surface area contributed by atoms with Crippen LogP contribution in [0, 0.1) is 40.9 Å². The predicted octanol–water partition coefficient (Wildman–Crippen LogP) is 3.17. The summed E-state index contributed by atoms with van der Waals surface area (Å²) in [6.07, 6.45) is 11.6.